The molecule has 1 aliphatic heterocycles. The highest BCUT2D eigenvalue weighted by atomic mass is 16.3. The molecule has 0 unspecified atom stereocenters. The zero-order valence-electron chi connectivity index (χ0n) is 37.9. The van der Waals surface area contributed by atoms with Gasteiger partial charge < -0.3 is 18.6 Å². The molecule has 11 aromatic carbocycles. The molecular weight excluding hydrogens is 817 g/mol. The van der Waals surface area contributed by atoms with Crippen LogP contribution in [-0.2, 0) is 18.3 Å². The van der Waals surface area contributed by atoms with Crippen molar-refractivity contribution in [1.29, 1.82) is 0 Å². The second kappa shape index (κ2) is 14.0. The van der Waals surface area contributed by atoms with Crippen molar-refractivity contribution in [1.82, 2.24) is 0 Å². The van der Waals surface area contributed by atoms with Gasteiger partial charge in [0.1, 0.15) is 22.3 Å². The summed E-state index contributed by atoms with van der Waals surface area (Å²) in [6.45, 7) is 9.25. The molecule has 0 atom stereocenters. The van der Waals surface area contributed by atoms with Crippen molar-refractivity contribution in [2.24, 2.45) is 0 Å². The number of furan rings is 2. The predicted octanol–water partition coefficient (Wildman–Crippen LogP) is 18.2. The zero-order chi connectivity index (χ0) is 44.7. The van der Waals surface area contributed by atoms with Gasteiger partial charge in [-0.15, -0.1) is 0 Å². The largest absolute Gasteiger partial charge is 0.456 e. The number of anilines is 6. The first-order chi connectivity index (χ1) is 32.9. The average Bonchev–Trinajstić information content (AvgIpc) is 3.93. The predicted molar refractivity (Wildman–Crippen MR) is 282 cm³/mol. The smallest absolute Gasteiger partial charge is 0.137 e. The lowest BCUT2D eigenvalue weighted by atomic mass is 9.73. The van der Waals surface area contributed by atoms with Gasteiger partial charge >= 0.3 is 0 Å². The van der Waals surface area contributed by atoms with Crippen LogP contribution in [0.1, 0.15) is 49.9 Å². The number of hydrogen-bond acceptors (Lipinski definition) is 4. The van der Waals surface area contributed by atoms with Crippen molar-refractivity contribution in [3.63, 3.8) is 0 Å². The molecule has 0 saturated heterocycles. The fourth-order valence-electron chi connectivity index (χ4n) is 12.0. The molecule has 13 aromatic rings. The van der Waals surface area contributed by atoms with Crippen molar-refractivity contribution in [2.45, 2.75) is 46.0 Å². The van der Waals surface area contributed by atoms with Crippen LogP contribution in [0, 0.1) is 0 Å². The van der Waals surface area contributed by atoms with Crippen molar-refractivity contribution in [3.05, 3.63) is 204 Å². The summed E-state index contributed by atoms with van der Waals surface area (Å²) in [6, 6.07) is 67.2. The van der Waals surface area contributed by atoms with Gasteiger partial charge in [-0.1, -0.05) is 149 Å². The molecule has 0 spiro atoms. The van der Waals surface area contributed by atoms with E-state index in [1.54, 1.807) is 0 Å². The molecule has 0 bridgehead atoms. The third-order valence-electron chi connectivity index (χ3n) is 15.1. The van der Waals surface area contributed by atoms with Crippen LogP contribution in [0.25, 0.3) is 87.0 Å². The quantitative estimate of drug-likeness (QED) is 0.123. The Labute approximate surface area is 388 Å². The number of benzene rings is 11. The Kier molecular flexibility index (Phi) is 7.97. The molecule has 67 heavy (non-hydrogen) atoms. The Morgan fingerprint density at radius 1 is 0.373 bits per heavy atom. The highest BCUT2D eigenvalue weighted by Crippen LogP contribution is 2.56. The van der Waals surface area contributed by atoms with E-state index in [1.165, 1.54) is 76.7 Å². The summed E-state index contributed by atoms with van der Waals surface area (Å²) in [6.07, 6.45) is 1.79. The van der Waals surface area contributed by atoms with Gasteiger partial charge in [-0.25, -0.2) is 0 Å². The molecular formula is C63H46N2O2. The summed E-state index contributed by atoms with van der Waals surface area (Å²) in [4.78, 5) is 5.01. The van der Waals surface area contributed by atoms with E-state index in [1.807, 2.05) is 0 Å². The Bertz CT molecular complexity index is 4170. The van der Waals surface area contributed by atoms with Crippen LogP contribution in [0.3, 0.4) is 0 Å². The molecule has 320 valence electrons. The van der Waals surface area contributed by atoms with Crippen molar-refractivity contribution < 1.29 is 8.83 Å². The van der Waals surface area contributed by atoms with Crippen LogP contribution in [0.4, 0.5) is 34.1 Å². The van der Waals surface area contributed by atoms with Crippen molar-refractivity contribution in [2.75, 3.05) is 9.80 Å². The van der Waals surface area contributed by atoms with Gasteiger partial charge in [0.2, 0.25) is 0 Å². The number of aryl methyl sites for hydroxylation is 2. The lowest BCUT2D eigenvalue weighted by Crippen LogP contribution is -2.30. The second-order valence-electron chi connectivity index (χ2n) is 18.9. The van der Waals surface area contributed by atoms with E-state index in [9.17, 15) is 0 Å². The van der Waals surface area contributed by atoms with Crippen LogP contribution in [-0.4, -0.2) is 0 Å². The molecule has 0 N–H and O–H groups in total. The number of fused-ring (bicyclic) bond motifs is 10. The Balaban J connectivity index is 1.02. The van der Waals surface area contributed by atoms with E-state index in [2.05, 4.69) is 219 Å². The lowest BCUT2D eigenvalue weighted by molar-refractivity contribution is 0.631. The van der Waals surface area contributed by atoms with E-state index in [4.69, 9.17) is 8.83 Å². The van der Waals surface area contributed by atoms with Gasteiger partial charge in [0, 0.05) is 55.6 Å². The Morgan fingerprint density at radius 2 is 0.940 bits per heavy atom. The van der Waals surface area contributed by atoms with Crippen LogP contribution in [0.2, 0.25) is 0 Å². The molecule has 0 aliphatic carbocycles. The number of nitrogens with zero attached hydrogens (tertiary/aromatic N) is 2. The van der Waals surface area contributed by atoms with E-state index >= 15 is 0 Å². The Hall–Kier alpha value is -8.08. The van der Waals surface area contributed by atoms with Gasteiger partial charge in [-0.2, -0.15) is 0 Å². The minimum absolute atomic E-state index is 0.241. The fourth-order valence-corrected chi connectivity index (χ4v) is 12.0. The fraction of sp³-hybridized carbons (Fsp3) is 0.111. The summed E-state index contributed by atoms with van der Waals surface area (Å²) in [5.41, 5.74) is 15.5. The summed E-state index contributed by atoms with van der Waals surface area (Å²) < 4.78 is 13.2. The van der Waals surface area contributed by atoms with Crippen LogP contribution < -0.4 is 9.80 Å². The molecule has 3 heterocycles. The Morgan fingerprint density at radius 3 is 1.69 bits per heavy atom. The standard InChI is InChI=1S/C63H46N2O2/c1-5-37-17-7-11-25-51(37)64(55-35-59-47(33-38(55)6-2)39-18-8-13-27-57(39)66-59)52-31-29-43-44-30-32-53(46-23-16-21-42(62(44)46)41-20-15-22-45(52)61(41)43)65-54-26-12-10-24-49(54)63(3,4)50-34-48-40-19-9-14-28-58(40)67-60(48)36-56(50)65/h7-36H,5-6H2,1-4H3. The number of rotatable bonds is 6. The average molecular weight is 863 g/mol. The first-order valence-electron chi connectivity index (χ1n) is 23.7. The lowest BCUT2D eigenvalue weighted by Gasteiger charge is -2.42. The molecule has 0 radical (unpaired) electrons. The minimum Gasteiger partial charge on any atom is -0.456 e. The minimum atomic E-state index is -0.241. The highest BCUT2D eigenvalue weighted by Gasteiger charge is 2.38. The maximum atomic E-state index is 6.59. The maximum absolute atomic E-state index is 6.59. The first kappa shape index (κ1) is 38.2. The summed E-state index contributed by atoms with van der Waals surface area (Å²) in [5, 5.41) is 14.6. The molecule has 2 aromatic heterocycles. The molecule has 0 saturated carbocycles. The molecule has 4 heteroatoms. The molecule has 0 fully saturated rings. The second-order valence-corrected chi connectivity index (χ2v) is 18.9. The summed E-state index contributed by atoms with van der Waals surface area (Å²) in [5.74, 6) is 0. The third-order valence-corrected chi connectivity index (χ3v) is 15.1. The first-order valence-corrected chi connectivity index (χ1v) is 23.7. The van der Waals surface area contributed by atoms with Gasteiger partial charge in [0.25, 0.3) is 0 Å². The van der Waals surface area contributed by atoms with Crippen LogP contribution in [0.5, 0.6) is 0 Å². The molecule has 0 amide bonds. The molecule has 4 nitrogen and oxygen atoms in total. The van der Waals surface area contributed by atoms with Gasteiger partial charge in [-0.3, -0.25) is 0 Å². The van der Waals surface area contributed by atoms with E-state index < -0.39 is 0 Å². The van der Waals surface area contributed by atoms with Crippen molar-refractivity contribution in [3.8, 4) is 0 Å². The number of hydrogen-bond donors (Lipinski definition) is 0. The van der Waals surface area contributed by atoms with Gasteiger partial charge in [0.15, 0.2) is 0 Å². The third kappa shape index (κ3) is 5.24. The van der Waals surface area contributed by atoms with E-state index in [0.29, 0.717) is 0 Å². The summed E-state index contributed by atoms with van der Waals surface area (Å²) >= 11 is 0. The van der Waals surface area contributed by atoms with E-state index in [0.717, 1.165) is 79.5 Å². The number of para-hydroxylation sites is 4. The highest BCUT2D eigenvalue weighted by molar-refractivity contribution is 6.35. The summed E-state index contributed by atoms with van der Waals surface area (Å²) in [7, 11) is 0. The zero-order valence-corrected chi connectivity index (χ0v) is 37.9. The maximum Gasteiger partial charge on any atom is 0.137 e. The van der Waals surface area contributed by atoms with Gasteiger partial charge in [0.05, 0.1) is 28.4 Å². The van der Waals surface area contributed by atoms with Crippen LogP contribution >= 0.6 is 0 Å². The van der Waals surface area contributed by atoms with Gasteiger partial charge in [-0.05, 0) is 116 Å². The SMILES string of the molecule is CCc1ccccc1N(c1cc2oc3ccccc3c2cc1CC)c1ccc2c3ccc(N4c5ccccc5C(C)(C)c5cc6c(cc54)oc4ccccc46)c4cccc(c5cccc1c52)c43. The van der Waals surface area contributed by atoms with Crippen LogP contribution in [0.15, 0.2) is 191 Å². The topological polar surface area (TPSA) is 32.8 Å². The monoisotopic (exact) mass is 862 g/mol. The normalized spacial score (nSPS) is 13.6. The molecule has 14 rings (SSSR count). The molecule has 1 aliphatic rings. The van der Waals surface area contributed by atoms with Crippen molar-refractivity contribution >= 4 is 121 Å². The van der Waals surface area contributed by atoms with E-state index in [-0.39, 0.29) is 5.41 Å².